The van der Waals surface area contributed by atoms with Gasteiger partial charge in [0.1, 0.15) is 5.82 Å². The molecule has 2 heterocycles. The summed E-state index contributed by atoms with van der Waals surface area (Å²) in [5.41, 5.74) is 1.77. The number of carbonyl (C=O) groups is 1. The number of pyridine rings is 1. The molecule has 0 radical (unpaired) electrons. The molecule has 17 heavy (non-hydrogen) atoms. The van der Waals surface area contributed by atoms with Crippen LogP contribution in [0.15, 0.2) is 30.6 Å². The summed E-state index contributed by atoms with van der Waals surface area (Å²) in [4.78, 5) is 15.6. The van der Waals surface area contributed by atoms with Gasteiger partial charge in [0.05, 0.1) is 12.2 Å². The van der Waals surface area contributed by atoms with E-state index in [2.05, 4.69) is 25.8 Å². The first kappa shape index (κ1) is 11.1. The summed E-state index contributed by atoms with van der Waals surface area (Å²) in [6.07, 6.45) is 3.27. The Morgan fingerprint density at radius 3 is 3.00 bits per heavy atom. The average molecular weight is 231 g/mol. The van der Waals surface area contributed by atoms with E-state index in [9.17, 15) is 4.79 Å². The van der Waals surface area contributed by atoms with Gasteiger partial charge in [-0.1, -0.05) is 6.07 Å². The van der Waals surface area contributed by atoms with Crippen molar-refractivity contribution < 1.29 is 4.79 Å². The third-order valence-electron chi connectivity index (χ3n) is 2.24. The van der Waals surface area contributed by atoms with Crippen molar-refractivity contribution in [3.8, 4) is 0 Å². The monoisotopic (exact) mass is 231 g/mol. The summed E-state index contributed by atoms with van der Waals surface area (Å²) in [5.74, 6) is 0.564. The minimum Gasteiger partial charge on any atom is -0.332 e. The number of H-pyrrole nitrogens is 1. The van der Waals surface area contributed by atoms with Crippen molar-refractivity contribution in [3.05, 3.63) is 41.9 Å². The van der Waals surface area contributed by atoms with Crippen molar-refractivity contribution in [2.24, 2.45) is 0 Å². The summed E-state index contributed by atoms with van der Waals surface area (Å²) < 4.78 is 0. The Labute approximate surface area is 98.5 Å². The van der Waals surface area contributed by atoms with Crippen LogP contribution in [0.2, 0.25) is 0 Å². The fourth-order valence-electron chi connectivity index (χ4n) is 1.33. The Morgan fingerprint density at radius 2 is 2.29 bits per heavy atom. The number of nitrogens with zero attached hydrogens (tertiary/aromatic N) is 2. The molecule has 2 aromatic rings. The number of anilines is 1. The highest BCUT2D eigenvalue weighted by Crippen LogP contribution is 2.08. The molecule has 2 amide bonds. The molecule has 3 N–H and O–H groups in total. The predicted octanol–water partition coefficient (Wildman–Crippen LogP) is 1.43. The lowest BCUT2D eigenvalue weighted by Gasteiger charge is -2.07. The van der Waals surface area contributed by atoms with Crippen LogP contribution < -0.4 is 10.6 Å². The van der Waals surface area contributed by atoms with Crippen molar-refractivity contribution >= 4 is 11.8 Å². The van der Waals surface area contributed by atoms with E-state index in [1.54, 1.807) is 18.5 Å². The number of urea groups is 1. The summed E-state index contributed by atoms with van der Waals surface area (Å²) in [7, 11) is 0. The Kier molecular flexibility index (Phi) is 3.34. The maximum Gasteiger partial charge on any atom is 0.320 e. The topological polar surface area (TPSA) is 82.7 Å². The molecule has 0 bridgehead atoms. The van der Waals surface area contributed by atoms with Crippen LogP contribution in [0.1, 0.15) is 11.3 Å². The number of aromatic amines is 1. The second-order valence-electron chi connectivity index (χ2n) is 3.56. The third kappa shape index (κ3) is 3.04. The number of nitrogens with one attached hydrogen (secondary N) is 3. The molecule has 0 aliphatic carbocycles. The summed E-state index contributed by atoms with van der Waals surface area (Å²) in [5, 5.41) is 11.9. The summed E-state index contributed by atoms with van der Waals surface area (Å²) in [6.45, 7) is 2.29. The lowest BCUT2D eigenvalue weighted by Crippen LogP contribution is -2.29. The molecule has 0 spiro atoms. The Balaban J connectivity index is 1.87. The zero-order valence-electron chi connectivity index (χ0n) is 9.40. The maximum absolute atomic E-state index is 11.6. The second kappa shape index (κ2) is 5.11. The maximum atomic E-state index is 11.6. The van der Waals surface area contributed by atoms with Crippen LogP contribution in [-0.4, -0.2) is 21.2 Å². The quantitative estimate of drug-likeness (QED) is 0.747. The van der Waals surface area contributed by atoms with Crippen molar-refractivity contribution in [2.45, 2.75) is 13.5 Å². The fraction of sp³-hybridized carbons (Fsp3) is 0.182. The van der Waals surface area contributed by atoms with Gasteiger partial charge >= 0.3 is 6.03 Å². The van der Waals surface area contributed by atoms with Gasteiger partial charge in [0.25, 0.3) is 0 Å². The summed E-state index contributed by atoms with van der Waals surface area (Å²) >= 11 is 0. The van der Waals surface area contributed by atoms with Crippen molar-refractivity contribution in [1.29, 1.82) is 0 Å². The van der Waals surface area contributed by atoms with Crippen LogP contribution >= 0.6 is 0 Å². The molecule has 2 rings (SSSR count). The lowest BCUT2D eigenvalue weighted by atomic mass is 10.3. The molecule has 0 saturated carbocycles. The highest BCUT2D eigenvalue weighted by molar-refractivity contribution is 5.88. The van der Waals surface area contributed by atoms with Gasteiger partial charge in [-0.25, -0.2) is 9.78 Å². The average Bonchev–Trinajstić information content (AvgIpc) is 2.82. The van der Waals surface area contributed by atoms with E-state index in [0.29, 0.717) is 12.4 Å². The first-order valence-electron chi connectivity index (χ1n) is 5.20. The molecule has 0 aliphatic heterocycles. The molecule has 0 aromatic carbocycles. The van der Waals surface area contributed by atoms with E-state index in [0.717, 1.165) is 11.3 Å². The van der Waals surface area contributed by atoms with E-state index in [-0.39, 0.29) is 6.03 Å². The number of hydrogen-bond acceptors (Lipinski definition) is 3. The molecule has 0 unspecified atom stereocenters. The highest BCUT2D eigenvalue weighted by Gasteiger charge is 2.04. The fourth-order valence-corrected chi connectivity index (χ4v) is 1.33. The number of carbonyl (C=O) groups excluding carboxylic acids is 1. The van der Waals surface area contributed by atoms with Crippen molar-refractivity contribution in [3.63, 3.8) is 0 Å². The first-order chi connectivity index (χ1) is 8.25. The molecule has 6 nitrogen and oxygen atoms in total. The molecule has 2 aromatic heterocycles. The van der Waals surface area contributed by atoms with Crippen LogP contribution in [0.25, 0.3) is 0 Å². The Bertz CT molecular complexity index is 494. The van der Waals surface area contributed by atoms with Gasteiger partial charge in [0.15, 0.2) is 0 Å². The normalized spacial score (nSPS) is 9.94. The van der Waals surface area contributed by atoms with Gasteiger partial charge in [-0.15, -0.1) is 0 Å². The van der Waals surface area contributed by atoms with Crippen LogP contribution in [0, 0.1) is 6.92 Å². The minimum absolute atomic E-state index is 0.290. The second-order valence-corrected chi connectivity index (χ2v) is 3.56. The van der Waals surface area contributed by atoms with Gasteiger partial charge in [-0.2, -0.15) is 5.10 Å². The van der Waals surface area contributed by atoms with Gasteiger partial charge in [0, 0.05) is 12.4 Å². The zero-order chi connectivity index (χ0) is 12.1. The number of aryl methyl sites for hydroxylation is 1. The molecule has 0 atom stereocenters. The Morgan fingerprint density at radius 1 is 1.41 bits per heavy atom. The molecular formula is C11H13N5O. The number of amides is 2. The number of rotatable bonds is 3. The summed E-state index contributed by atoms with van der Waals surface area (Å²) in [6, 6.07) is 5.22. The largest absolute Gasteiger partial charge is 0.332 e. The molecule has 0 fully saturated rings. The third-order valence-corrected chi connectivity index (χ3v) is 2.24. The Hall–Kier alpha value is -2.37. The number of hydrogen-bond donors (Lipinski definition) is 3. The predicted molar refractivity (Wildman–Crippen MR) is 63.4 cm³/mol. The van der Waals surface area contributed by atoms with Crippen LogP contribution in [0.3, 0.4) is 0 Å². The van der Waals surface area contributed by atoms with Gasteiger partial charge in [0.2, 0.25) is 0 Å². The SMILES string of the molecule is Cc1cccnc1NC(=O)NCc1ccn[nH]1. The molecule has 88 valence electrons. The molecule has 6 heteroatoms. The van der Waals surface area contributed by atoms with Gasteiger partial charge in [-0.3, -0.25) is 10.4 Å². The number of aromatic nitrogens is 3. The first-order valence-corrected chi connectivity index (χ1v) is 5.20. The van der Waals surface area contributed by atoms with Gasteiger partial charge < -0.3 is 5.32 Å². The van der Waals surface area contributed by atoms with Crippen LogP contribution in [0.4, 0.5) is 10.6 Å². The molecule has 0 saturated heterocycles. The minimum atomic E-state index is -0.290. The van der Waals surface area contributed by atoms with Crippen molar-refractivity contribution in [2.75, 3.05) is 5.32 Å². The van der Waals surface area contributed by atoms with E-state index < -0.39 is 0 Å². The standard InChI is InChI=1S/C11H13N5O/c1-8-3-2-5-12-10(8)15-11(17)13-7-9-4-6-14-16-9/h2-6H,7H2,1H3,(H,14,16)(H2,12,13,15,17). The molecular weight excluding hydrogens is 218 g/mol. The van der Waals surface area contributed by atoms with E-state index >= 15 is 0 Å². The highest BCUT2D eigenvalue weighted by atomic mass is 16.2. The zero-order valence-corrected chi connectivity index (χ0v) is 9.40. The lowest BCUT2D eigenvalue weighted by molar-refractivity contribution is 0.251. The van der Waals surface area contributed by atoms with Gasteiger partial charge in [-0.05, 0) is 24.6 Å². The van der Waals surface area contributed by atoms with Crippen LogP contribution in [0.5, 0.6) is 0 Å². The molecule has 0 aliphatic rings. The smallest absolute Gasteiger partial charge is 0.320 e. The van der Waals surface area contributed by atoms with Crippen LogP contribution in [-0.2, 0) is 6.54 Å². The van der Waals surface area contributed by atoms with E-state index in [4.69, 9.17) is 0 Å². The van der Waals surface area contributed by atoms with E-state index in [1.165, 1.54) is 0 Å². The van der Waals surface area contributed by atoms with E-state index in [1.807, 2.05) is 19.1 Å². The van der Waals surface area contributed by atoms with Crippen molar-refractivity contribution in [1.82, 2.24) is 20.5 Å².